The van der Waals surface area contributed by atoms with E-state index in [2.05, 4.69) is 23.5 Å². The van der Waals surface area contributed by atoms with Crippen LogP contribution in [0, 0.1) is 5.41 Å². The number of rotatable bonds is 4. The molecule has 6 nitrogen and oxygen atoms in total. The molecule has 1 saturated carbocycles. The molecule has 1 aromatic rings. The van der Waals surface area contributed by atoms with Gasteiger partial charge in [-0.3, -0.25) is 0 Å². The van der Waals surface area contributed by atoms with Crippen LogP contribution in [0.1, 0.15) is 39.5 Å². The first-order chi connectivity index (χ1) is 9.63. The number of nitrogens with two attached hydrogens (primary N) is 1. The average Bonchev–Trinajstić information content (AvgIpc) is 2.69. The molecule has 1 unspecified atom stereocenters. The maximum absolute atomic E-state index is 12.4. The minimum atomic E-state index is -3.58. The first-order valence-electron chi connectivity index (χ1n) is 7.08. The molecule has 0 aromatic carbocycles. The molecule has 0 bridgehead atoms. The molecule has 2 rings (SSSR count). The summed E-state index contributed by atoms with van der Waals surface area (Å²) in [5, 5.41) is 3.92. The lowest BCUT2D eigenvalue weighted by Gasteiger charge is -2.35. The summed E-state index contributed by atoms with van der Waals surface area (Å²) in [6.45, 7) is 4.50. The molecule has 0 amide bonds. The van der Waals surface area contributed by atoms with Crippen molar-refractivity contribution in [1.82, 2.24) is 8.68 Å². The van der Waals surface area contributed by atoms with E-state index in [9.17, 15) is 8.42 Å². The van der Waals surface area contributed by atoms with Gasteiger partial charge in [0.2, 0.25) is 10.0 Å². The molecular weight excluding hydrogens is 308 g/mol. The molecule has 120 valence electrons. The van der Waals surface area contributed by atoms with Crippen LogP contribution in [-0.2, 0) is 10.0 Å². The Balaban J connectivity index is 2.26. The van der Waals surface area contributed by atoms with Crippen molar-refractivity contribution in [3.63, 3.8) is 0 Å². The Labute approximate surface area is 130 Å². The Bertz CT molecular complexity index is 608. The summed E-state index contributed by atoms with van der Waals surface area (Å²) in [5.41, 5.74) is 6.06. The number of nitrogens with zero attached hydrogens (tertiary/aromatic N) is 2. The number of hydrogen-bond acceptors (Lipinski definition) is 6. The number of nitrogen functional groups attached to an aromatic ring is 1. The Morgan fingerprint density at radius 1 is 1.43 bits per heavy atom. The van der Waals surface area contributed by atoms with Crippen molar-refractivity contribution >= 4 is 32.4 Å². The Morgan fingerprint density at radius 2 is 2.10 bits per heavy atom. The fourth-order valence-corrected chi connectivity index (χ4v) is 4.97. The number of sulfonamides is 1. The number of hydrogen-bond donors (Lipinski definition) is 2. The first kappa shape index (κ1) is 16.5. The van der Waals surface area contributed by atoms with Gasteiger partial charge in [-0.2, -0.15) is 4.37 Å². The predicted molar refractivity (Wildman–Crippen MR) is 87.1 cm³/mol. The van der Waals surface area contributed by atoms with Crippen molar-refractivity contribution in [3.05, 3.63) is 0 Å². The molecule has 0 saturated heterocycles. The van der Waals surface area contributed by atoms with Gasteiger partial charge in [0, 0.05) is 20.1 Å². The van der Waals surface area contributed by atoms with E-state index >= 15 is 0 Å². The van der Waals surface area contributed by atoms with Gasteiger partial charge in [-0.25, -0.2) is 12.7 Å². The summed E-state index contributed by atoms with van der Waals surface area (Å²) in [6.07, 6.45) is 4.42. The van der Waals surface area contributed by atoms with E-state index in [4.69, 9.17) is 5.73 Å². The lowest BCUT2D eigenvalue weighted by molar-refractivity contribution is 0.229. The largest absolute Gasteiger partial charge is 0.382 e. The van der Waals surface area contributed by atoms with Gasteiger partial charge < -0.3 is 11.1 Å². The van der Waals surface area contributed by atoms with Crippen molar-refractivity contribution in [2.45, 2.75) is 50.5 Å². The molecule has 21 heavy (non-hydrogen) atoms. The van der Waals surface area contributed by atoms with E-state index < -0.39 is 10.0 Å². The third kappa shape index (κ3) is 3.49. The lowest BCUT2D eigenvalue weighted by Crippen LogP contribution is -2.32. The van der Waals surface area contributed by atoms with E-state index in [0.717, 1.165) is 30.8 Å². The number of aromatic nitrogens is 1. The summed E-state index contributed by atoms with van der Waals surface area (Å²) < 4.78 is 29.9. The van der Waals surface area contributed by atoms with Gasteiger partial charge in [0.25, 0.3) is 0 Å². The van der Waals surface area contributed by atoms with Crippen LogP contribution >= 0.6 is 11.5 Å². The zero-order valence-electron chi connectivity index (χ0n) is 13.0. The van der Waals surface area contributed by atoms with E-state index in [1.807, 2.05) is 0 Å². The van der Waals surface area contributed by atoms with Crippen LogP contribution in [0.25, 0.3) is 0 Å². The summed E-state index contributed by atoms with van der Waals surface area (Å²) in [5.74, 6) is 0.0752. The minimum absolute atomic E-state index is 0.0752. The number of anilines is 2. The second-order valence-electron chi connectivity index (χ2n) is 6.62. The van der Waals surface area contributed by atoms with Crippen LogP contribution in [0.5, 0.6) is 0 Å². The van der Waals surface area contributed by atoms with E-state index in [1.165, 1.54) is 24.8 Å². The zero-order valence-corrected chi connectivity index (χ0v) is 14.6. The predicted octanol–water partition coefficient (Wildman–Crippen LogP) is 2.36. The smallest absolute Gasteiger partial charge is 0.249 e. The van der Waals surface area contributed by atoms with Crippen molar-refractivity contribution in [2.24, 2.45) is 5.41 Å². The van der Waals surface area contributed by atoms with Crippen LogP contribution < -0.4 is 11.1 Å². The highest BCUT2D eigenvalue weighted by Crippen LogP contribution is 2.39. The van der Waals surface area contributed by atoms with E-state index in [-0.39, 0.29) is 22.2 Å². The molecule has 1 aliphatic rings. The summed E-state index contributed by atoms with van der Waals surface area (Å²) in [6, 6.07) is 0.268. The van der Waals surface area contributed by atoms with Gasteiger partial charge in [0.05, 0.1) is 0 Å². The standard InChI is InChI=1S/C13H24N4O2S2/c1-13(2)7-5-6-9(8-13)15-12-10(11(14)16-20-12)21(18,19)17(3)4/h9,15H,5-8H2,1-4H3,(H2,14,16). The molecule has 0 radical (unpaired) electrons. The molecule has 1 atom stereocenters. The van der Waals surface area contributed by atoms with Crippen molar-refractivity contribution < 1.29 is 8.42 Å². The molecule has 0 aliphatic heterocycles. The highest BCUT2D eigenvalue weighted by Gasteiger charge is 2.32. The van der Waals surface area contributed by atoms with Crippen molar-refractivity contribution in [3.8, 4) is 0 Å². The zero-order chi connectivity index (χ0) is 15.8. The lowest BCUT2D eigenvalue weighted by atomic mass is 9.75. The minimum Gasteiger partial charge on any atom is -0.382 e. The first-order valence-corrected chi connectivity index (χ1v) is 9.29. The van der Waals surface area contributed by atoms with Crippen LogP contribution in [0.2, 0.25) is 0 Å². The van der Waals surface area contributed by atoms with Gasteiger partial charge in [0.1, 0.15) is 5.00 Å². The molecule has 1 aliphatic carbocycles. The van der Waals surface area contributed by atoms with Crippen LogP contribution in [-0.4, -0.2) is 37.2 Å². The highest BCUT2D eigenvalue weighted by atomic mass is 32.2. The molecule has 1 fully saturated rings. The molecule has 3 N–H and O–H groups in total. The number of nitrogens with one attached hydrogen (secondary N) is 1. The summed E-state index contributed by atoms with van der Waals surface area (Å²) >= 11 is 1.12. The molecule has 0 spiro atoms. The summed E-state index contributed by atoms with van der Waals surface area (Å²) in [7, 11) is -0.581. The van der Waals surface area contributed by atoms with Crippen molar-refractivity contribution in [1.29, 1.82) is 0 Å². The molecule has 8 heteroatoms. The summed E-state index contributed by atoms with van der Waals surface area (Å²) in [4.78, 5) is 0.112. The molecule has 1 heterocycles. The van der Waals surface area contributed by atoms with Gasteiger partial charge in [0.15, 0.2) is 10.7 Å². The van der Waals surface area contributed by atoms with Crippen LogP contribution in [0.15, 0.2) is 4.90 Å². The maximum Gasteiger partial charge on any atom is 0.249 e. The van der Waals surface area contributed by atoms with Gasteiger partial charge >= 0.3 is 0 Å². The van der Waals surface area contributed by atoms with Gasteiger partial charge in [-0.15, -0.1) is 0 Å². The highest BCUT2D eigenvalue weighted by molar-refractivity contribution is 7.89. The van der Waals surface area contributed by atoms with Crippen LogP contribution in [0.4, 0.5) is 10.8 Å². The van der Waals surface area contributed by atoms with Gasteiger partial charge in [-0.05, 0) is 36.2 Å². The maximum atomic E-state index is 12.4. The second kappa shape index (κ2) is 5.73. The fraction of sp³-hybridized carbons (Fsp3) is 0.769. The second-order valence-corrected chi connectivity index (χ2v) is 9.48. The Morgan fingerprint density at radius 3 is 2.67 bits per heavy atom. The Hall–Kier alpha value is -0.860. The third-order valence-electron chi connectivity index (χ3n) is 3.95. The third-order valence-corrected chi connectivity index (χ3v) is 6.77. The van der Waals surface area contributed by atoms with Gasteiger partial charge in [-0.1, -0.05) is 20.3 Å². The topological polar surface area (TPSA) is 88.3 Å². The average molecular weight is 332 g/mol. The van der Waals surface area contributed by atoms with E-state index in [0.29, 0.717) is 5.00 Å². The molecule has 1 aromatic heterocycles. The van der Waals surface area contributed by atoms with Crippen LogP contribution in [0.3, 0.4) is 0 Å². The van der Waals surface area contributed by atoms with E-state index in [1.54, 1.807) is 0 Å². The molecular formula is C13H24N4O2S2. The van der Waals surface area contributed by atoms with Crippen molar-refractivity contribution in [2.75, 3.05) is 25.1 Å². The monoisotopic (exact) mass is 332 g/mol. The Kier molecular flexibility index (Phi) is 4.51. The SMILES string of the molecule is CN(C)S(=O)(=O)c1c(N)nsc1NC1CCCC(C)(C)C1. The quantitative estimate of drug-likeness (QED) is 0.883. The normalized spacial score (nSPS) is 22.4. The fourth-order valence-electron chi connectivity index (χ4n) is 2.82.